The number of carbonyl (C=O) groups is 1. The van der Waals surface area contributed by atoms with E-state index in [4.69, 9.17) is 0 Å². The average Bonchev–Trinajstić information content (AvgIpc) is 2.62. The summed E-state index contributed by atoms with van der Waals surface area (Å²) in [6.45, 7) is 0.299. The lowest BCUT2D eigenvalue weighted by Crippen LogP contribution is -2.30. The minimum Gasteiger partial charge on any atom is -0.304 e. The lowest BCUT2D eigenvalue weighted by atomic mass is 10.2. The number of carbonyl (C=O) groups excluding carboxylic acids is 1. The highest BCUT2D eigenvalue weighted by atomic mass is 79.9. The minimum atomic E-state index is -0.359. The van der Waals surface area contributed by atoms with Gasteiger partial charge in [0.1, 0.15) is 10.4 Å². The Morgan fingerprint density at radius 3 is 2.46 bits per heavy atom. The number of hydrogen-bond donors (Lipinski definition) is 0. The maximum Gasteiger partial charge on any atom is 0.260 e. The smallest absolute Gasteiger partial charge is 0.260 e. The predicted octanol–water partition coefficient (Wildman–Crippen LogP) is 3.62. The van der Waals surface area contributed by atoms with Crippen molar-refractivity contribution >= 4 is 27.5 Å². The highest BCUT2D eigenvalue weighted by molar-refractivity contribution is 9.10. The van der Waals surface area contributed by atoms with Gasteiger partial charge in [-0.15, -0.1) is 0 Å². The van der Waals surface area contributed by atoms with E-state index < -0.39 is 0 Å². The monoisotopic (exact) mass is 386 g/mol. The Bertz CT molecular complexity index is 825. The van der Waals surface area contributed by atoms with Gasteiger partial charge in [-0.05, 0) is 57.9 Å². The van der Waals surface area contributed by atoms with Crippen LogP contribution in [-0.4, -0.2) is 21.1 Å². The lowest BCUT2D eigenvalue weighted by Gasteiger charge is -2.23. The van der Waals surface area contributed by atoms with E-state index >= 15 is 0 Å². The Kier molecular flexibility index (Phi) is 4.90. The van der Waals surface area contributed by atoms with Crippen LogP contribution in [0.15, 0.2) is 65.7 Å². The molecule has 0 fully saturated rings. The summed E-state index contributed by atoms with van der Waals surface area (Å²) in [6, 6.07) is 11.0. The fourth-order valence-corrected chi connectivity index (χ4v) is 2.39. The Morgan fingerprint density at radius 1 is 1.04 bits per heavy atom. The zero-order chi connectivity index (χ0) is 16.9. The number of nitrogens with zero attached hydrogens (tertiary/aromatic N) is 4. The van der Waals surface area contributed by atoms with Gasteiger partial charge in [-0.25, -0.2) is 9.37 Å². The molecule has 2 aromatic heterocycles. The van der Waals surface area contributed by atoms with Crippen LogP contribution in [0.3, 0.4) is 0 Å². The van der Waals surface area contributed by atoms with Gasteiger partial charge in [0, 0.05) is 11.9 Å². The molecule has 7 heteroatoms. The molecule has 0 atom stereocenters. The first-order valence-electron chi connectivity index (χ1n) is 7.08. The first-order chi connectivity index (χ1) is 11.6. The van der Waals surface area contributed by atoms with Crippen molar-refractivity contribution in [3.05, 3.63) is 82.6 Å². The zero-order valence-electron chi connectivity index (χ0n) is 12.4. The van der Waals surface area contributed by atoms with Crippen molar-refractivity contribution in [2.45, 2.75) is 6.54 Å². The number of rotatable bonds is 4. The van der Waals surface area contributed by atoms with Gasteiger partial charge >= 0.3 is 0 Å². The van der Waals surface area contributed by atoms with Crippen molar-refractivity contribution in [1.82, 2.24) is 15.2 Å². The van der Waals surface area contributed by atoms with Crippen LogP contribution in [0.25, 0.3) is 0 Å². The fourth-order valence-electron chi connectivity index (χ4n) is 2.16. The van der Waals surface area contributed by atoms with E-state index in [1.807, 2.05) is 6.07 Å². The van der Waals surface area contributed by atoms with E-state index in [1.54, 1.807) is 35.4 Å². The van der Waals surface area contributed by atoms with Crippen LogP contribution in [-0.2, 0) is 6.54 Å². The normalized spacial score (nSPS) is 10.4. The molecule has 5 nitrogen and oxygen atoms in total. The van der Waals surface area contributed by atoms with Gasteiger partial charge < -0.3 is 4.90 Å². The van der Waals surface area contributed by atoms with Crippen molar-refractivity contribution in [2.24, 2.45) is 0 Å². The first kappa shape index (κ1) is 16.2. The highest BCUT2D eigenvalue weighted by Gasteiger charge is 2.19. The maximum absolute atomic E-state index is 13.2. The Balaban J connectivity index is 1.95. The second-order valence-corrected chi connectivity index (χ2v) is 5.80. The summed E-state index contributed by atoms with van der Waals surface area (Å²) in [6.07, 6.45) is 4.54. The third-order valence-corrected chi connectivity index (χ3v) is 3.81. The molecular weight excluding hydrogens is 375 g/mol. The molecule has 0 radical (unpaired) electrons. The molecule has 2 heterocycles. The maximum atomic E-state index is 13.2. The summed E-state index contributed by atoms with van der Waals surface area (Å²) >= 11 is 3.28. The number of benzene rings is 1. The molecule has 0 N–H and O–H groups in total. The molecule has 0 bridgehead atoms. The van der Waals surface area contributed by atoms with Crippen LogP contribution in [0.2, 0.25) is 0 Å². The number of pyridine rings is 1. The molecule has 1 aromatic carbocycles. The SMILES string of the molecule is O=C(c1ccnnc1)N(Cc1ccc(Br)nc1)c1ccc(F)cc1. The molecular formula is C17H12BrFN4O. The second-order valence-electron chi connectivity index (χ2n) is 4.99. The number of anilines is 1. The average molecular weight is 387 g/mol. The lowest BCUT2D eigenvalue weighted by molar-refractivity contribution is 0.0984. The molecule has 0 aliphatic rings. The van der Waals surface area contributed by atoms with E-state index in [9.17, 15) is 9.18 Å². The Morgan fingerprint density at radius 2 is 1.83 bits per heavy atom. The van der Waals surface area contributed by atoms with Crippen LogP contribution in [0.1, 0.15) is 15.9 Å². The van der Waals surface area contributed by atoms with Gasteiger partial charge in [0.05, 0.1) is 24.5 Å². The van der Waals surface area contributed by atoms with Crippen molar-refractivity contribution in [1.29, 1.82) is 0 Å². The van der Waals surface area contributed by atoms with E-state index in [0.29, 0.717) is 22.4 Å². The van der Waals surface area contributed by atoms with E-state index in [1.165, 1.54) is 24.5 Å². The first-order valence-corrected chi connectivity index (χ1v) is 7.87. The number of halogens is 2. The molecule has 3 rings (SSSR count). The van der Waals surface area contributed by atoms with Crippen LogP contribution in [0, 0.1) is 5.82 Å². The molecule has 0 saturated carbocycles. The number of aromatic nitrogens is 3. The third-order valence-electron chi connectivity index (χ3n) is 3.34. The summed E-state index contributed by atoms with van der Waals surface area (Å²) in [5.41, 5.74) is 1.83. The van der Waals surface area contributed by atoms with E-state index in [0.717, 1.165) is 5.56 Å². The van der Waals surface area contributed by atoms with Crippen LogP contribution in [0.5, 0.6) is 0 Å². The molecule has 120 valence electrons. The van der Waals surface area contributed by atoms with Crippen LogP contribution in [0.4, 0.5) is 10.1 Å². The standard InChI is InChI=1S/C17H12BrFN4O/c18-16-6-1-12(9-20-16)11-23(15-4-2-14(19)3-5-15)17(24)13-7-8-21-22-10-13/h1-10H,11H2. The molecule has 1 amide bonds. The van der Waals surface area contributed by atoms with Gasteiger partial charge in [0.2, 0.25) is 0 Å². The van der Waals surface area contributed by atoms with Gasteiger partial charge in [-0.2, -0.15) is 10.2 Å². The van der Waals surface area contributed by atoms with Crippen molar-refractivity contribution in [3.8, 4) is 0 Å². The van der Waals surface area contributed by atoms with Gasteiger partial charge in [0.15, 0.2) is 0 Å². The van der Waals surface area contributed by atoms with Crippen LogP contribution >= 0.6 is 15.9 Å². The van der Waals surface area contributed by atoms with Crippen molar-refractivity contribution in [2.75, 3.05) is 4.90 Å². The third kappa shape index (κ3) is 3.80. The number of hydrogen-bond acceptors (Lipinski definition) is 4. The van der Waals surface area contributed by atoms with Gasteiger partial charge in [0.25, 0.3) is 5.91 Å². The molecule has 0 aliphatic carbocycles. The summed E-state index contributed by atoms with van der Waals surface area (Å²) in [7, 11) is 0. The highest BCUT2D eigenvalue weighted by Crippen LogP contribution is 2.21. The Labute approximate surface area is 146 Å². The van der Waals surface area contributed by atoms with Gasteiger partial charge in [-0.3, -0.25) is 4.79 Å². The predicted molar refractivity (Wildman–Crippen MR) is 90.9 cm³/mol. The molecule has 0 saturated heterocycles. The summed E-state index contributed by atoms with van der Waals surface area (Å²) in [4.78, 5) is 18.5. The van der Waals surface area contributed by atoms with Crippen molar-refractivity contribution < 1.29 is 9.18 Å². The quantitative estimate of drug-likeness (QED) is 0.642. The minimum absolute atomic E-state index is 0.251. The Hall–Kier alpha value is -2.67. The summed E-state index contributed by atoms with van der Waals surface area (Å²) in [5.74, 6) is -0.610. The topological polar surface area (TPSA) is 59.0 Å². The second kappa shape index (κ2) is 7.27. The molecule has 0 spiro atoms. The molecule has 0 aliphatic heterocycles. The van der Waals surface area contributed by atoms with E-state index in [-0.39, 0.29) is 11.7 Å². The zero-order valence-corrected chi connectivity index (χ0v) is 14.0. The summed E-state index contributed by atoms with van der Waals surface area (Å²) in [5, 5.41) is 7.42. The van der Waals surface area contributed by atoms with Gasteiger partial charge in [-0.1, -0.05) is 6.07 Å². The molecule has 3 aromatic rings. The summed E-state index contributed by atoms with van der Waals surface area (Å²) < 4.78 is 13.9. The van der Waals surface area contributed by atoms with Crippen LogP contribution < -0.4 is 4.90 Å². The number of amides is 1. The van der Waals surface area contributed by atoms with E-state index in [2.05, 4.69) is 31.1 Å². The van der Waals surface area contributed by atoms with Crippen molar-refractivity contribution in [3.63, 3.8) is 0 Å². The fraction of sp³-hybridized carbons (Fsp3) is 0.0588. The largest absolute Gasteiger partial charge is 0.304 e. The molecule has 24 heavy (non-hydrogen) atoms. The molecule has 0 unspecified atom stereocenters.